The lowest BCUT2D eigenvalue weighted by molar-refractivity contribution is 0.644. The maximum atomic E-state index is 11.3. The monoisotopic (exact) mass is 189 g/mol. The van der Waals surface area contributed by atoms with Gasteiger partial charge in [0.1, 0.15) is 11.6 Å². The van der Waals surface area contributed by atoms with Crippen LogP contribution in [0, 0.1) is 11.3 Å². The lowest BCUT2D eigenvalue weighted by Gasteiger charge is -2.10. The van der Waals surface area contributed by atoms with Crippen LogP contribution in [0.4, 0.5) is 0 Å². The molecule has 2 heterocycles. The third-order valence-electron chi connectivity index (χ3n) is 2.54. The van der Waals surface area contributed by atoms with Gasteiger partial charge in [0.25, 0.3) is 5.56 Å². The van der Waals surface area contributed by atoms with E-state index in [9.17, 15) is 4.79 Å². The topological polar surface area (TPSA) is 68.7 Å². The molecule has 0 spiro atoms. The fourth-order valence-electron chi connectivity index (χ4n) is 1.85. The fourth-order valence-corrected chi connectivity index (χ4v) is 1.85. The Morgan fingerprint density at radius 2 is 2.43 bits per heavy atom. The number of H-pyrrole nitrogens is 1. The predicted molar refractivity (Wildman–Crippen MR) is 51.8 cm³/mol. The largest absolute Gasteiger partial charge is 0.328 e. The molecule has 1 aromatic rings. The van der Waals surface area contributed by atoms with E-state index in [4.69, 9.17) is 5.26 Å². The summed E-state index contributed by atoms with van der Waals surface area (Å²) in [5.41, 5.74) is 0.777. The average Bonchev–Trinajstić information content (AvgIpc) is 2.70. The Labute approximate surface area is 81.6 Å². The van der Waals surface area contributed by atoms with E-state index < -0.39 is 0 Å². The molecule has 1 aromatic heterocycles. The van der Waals surface area contributed by atoms with Crippen molar-refractivity contribution in [3.63, 3.8) is 0 Å². The third kappa shape index (κ3) is 1.42. The molecular formula is C10H11N3O. The molecule has 2 N–H and O–H groups in total. The molecule has 2 rings (SSSR count). The second-order valence-corrected chi connectivity index (χ2v) is 3.40. The number of aromatic amines is 1. The highest BCUT2D eigenvalue weighted by Gasteiger charge is 2.20. The van der Waals surface area contributed by atoms with Crippen molar-refractivity contribution in [1.82, 2.24) is 10.3 Å². The molecular weight excluding hydrogens is 178 g/mol. The number of hydrogen-bond acceptors (Lipinski definition) is 3. The summed E-state index contributed by atoms with van der Waals surface area (Å²) < 4.78 is 0. The quantitative estimate of drug-likeness (QED) is 0.682. The Morgan fingerprint density at radius 3 is 3.07 bits per heavy atom. The lowest BCUT2D eigenvalue weighted by atomic mass is 10.0. The maximum Gasteiger partial charge on any atom is 0.266 e. The molecule has 1 fully saturated rings. The number of aromatic nitrogens is 1. The SMILES string of the molecule is N#Cc1c(C2CCCN2)cc[nH]c1=O. The Hall–Kier alpha value is -1.60. The van der Waals surface area contributed by atoms with Crippen LogP contribution in [0.15, 0.2) is 17.1 Å². The third-order valence-corrected chi connectivity index (χ3v) is 2.54. The first kappa shape index (κ1) is 8.97. The smallest absolute Gasteiger partial charge is 0.266 e. The van der Waals surface area contributed by atoms with Gasteiger partial charge in [0.05, 0.1) is 0 Å². The van der Waals surface area contributed by atoms with E-state index in [2.05, 4.69) is 10.3 Å². The highest BCUT2D eigenvalue weighted by molar-refractivity contribution is 5.37. The van der Waals surface area contributed by atoms with Crippen molar-refractivity contribution < 1.29 is 0 Å². The summed E-state index contributed by atoms with van der Waals surface area (Å²) in [6.45, 7) is 0.961. The van der Waals surface area contributed by atoms with Crippen LogP contribution < -0.4 is 10.9 Å². The van der Waals surface area contributed by atoms with Gasteiger partial charge >= 0.3 is 0 Å². The van der Waals surface area contributed by atoms with Crippen molar-refractivity contribution in [2.75, 3.05) is 6.54 Å². The number of hydrogen-bond donors (Lipinski definition) is 2. The molecule has 0 saturated carbocycles. The summed E-state index contributed by atoms with van der Waals surface area (Å²) in [6.07, 6.45) is 3.69. The second-order valence-electron chi connectivity index (χ2n) is 3.40. The molecule has 1 aliphatic heterocycles. The molecule has 0 aromatic carbocycles. The van der Waals surface area contributed by atoms with Crippen LogP contribution >= 0.6 is 0 Å². The summed E-state index contributed by atoms with van der Waals surface area (Å²) in [7, 11) is 0. The molecule has 1 aliphatic rings. The molecule has 0 bridgehead atoms. The van der Waals surface area contributed by atoms with Gasteiger partial charge in [-0.2, -0.15) is 5.26 Å². The lowest BCUT2D eigenvalue weighted by Crippen LogP contribution is -2.19. The van der Waals surface area contributed by atoms with Crippen LogP contribution in [0.3, 0.4) is 0 Å². The van der Waals surface area contributed by atoms with Crippen LogP contribution in [0.1, 0.15) is 30.0 Å². The van der Waals surface area contributed by atoms with E-state index in [1.165, 1.54) is 0 Å². The molecule has 1 unspecified atom stereocenters. The van der Waals surface area contributed by atoms with Gasteiger partial charge in [-0.3, -0.25) is 4.79 Å². The Balaban J connectivity index is 2.47. The van der Waals surface area contributed by atoms with Crippen molar-refractivity contribution in [3.8, 4) is 6.07 Å². The van der Waals surface area contributed by atoms with E-state index in [0.717, 1.165) is 24.9 Å². The van der Waals surface area contributed by atoms with Crippen molar-refractivity contribution >= 4 is 0 Å². The number of nitriles is 1. The maximum absolute atomic E-state index is 11.3. The molecule has 4 nitrogen and oxygen atoms in total. The second kappa shape index (κ2) is 3.64. The van der Waals surface area contributed by atoms with Gasteiger partial charge in [0.2, 0.25) is 0 Å². The molecule has 4 heteroatoms. The van der Waals surface area contributed by atoms with Crippen LogP contribution in [-0.4, -0.2) is 11.5 Å². The summed E-state index contributed by atoms with van der Waals surface area (Å²) >= 11 is 0. The predicted octanol–water partition coefficient (Wildman–Crippen LogP) is 0.671. The minimum Gasteiger partial charge on any atom is -0.328 e. The van der Waals surface area contributed by atoms with Gasteiger partial charge < -0.3 is 10.3 Å². The fraction of sp³-hybridized carbons (Fsp3) is 0.400. The highest BCUT2D eigenvalue weighted by atomic mass is 16.1. The number of nitrogens with one attached hydrogen (secondary N) is 2. The number of rotatable bonds is 1. The van der Waals surface area contributed by atoms with Crippen molar-refractivity contribution in [2.24, 2.45) is 0 Å². The number of pyridine rings is 1. The molecule has 1 atom stereocenters. The summed E-state index contributed by atoms with van der Waals surface area (Å²) in [6, 6.07) is 3.94. The molecule has 14 heavy (non-hydrogen) atoms. The number of nitrogens with zero attached hydrogens (tertiary/aromatic N) is 1. The van der Waals surface area contributed by atoms with E-state index in [1.54, 1.807) is 6.20 Å². The summed E-state index contributed by atoms with van der Waals surface area (Å²) in [4.78, 5) is 13.8. The van der Waals surface area contributed by atoms with E-state index >= 15 is 0 Å². The zero-order valence-corrected chi connectivity index (χ0v) is 7.71. The van der Waals surface area contributed by atoms with Gasteiger partial charge in [0, 0.05) is 12.2 Å². The van der Waals surface area contributed by atoms with Crippen LogP contribution in [0.25, 0.3) is 0 Å². The zero-order chi connectivity index (χ0) is 9.97. The Bertz CT molecular complexity index is 424. The van der Waals surface area contributed by atoms with Gasteiger partial charge in [0.15, 0.2) is 0 Å². The van der Waals surface area contributed by atoms with Gasteiger partial charge in [-0.1, -0.05) is 0 Å². The molecule has 72 valence electrons. The molecule has 0 radical (unpaired) electrons. The van der Waals surface area contributed by atoms with E-state index in [0.29, 0.717) is 0 Å². The Kier molecular flexibility index (Phi) is 2.33. The summed E-state index contributed by atoms with van der Waals surface area (Å²) in [5.74, 6) is 0. The minimum atomic E-state index is -0.293. The average molecular weight is 189 g/mol. The van der Waals surface area contributed by atoms with E-state index in [-0.39, 0.29) is 17.2 Å². The first-order chi connectivity index (χ1) is 6.83. The van der Waals surface area contributed by atoms with Crippen LogP contribution in [-0.2, 0) is 0 Å². The molecule has 1 saturated heterocycles. The Morgan fingerprint density at radius 1 is 1.57 bits per heavy atom. The highest BCUT2D eigenvalue weighted by Crippen LogP contribution is 2.23. The first-order valence-electron chi connectivity index (χ1n) is 4.68. The molecule has 0 aliphatic carbocycles. The molecule has 0 amide bonds. The summed E-state index contributed by atoms with van der Waals surface area (Å²) in [5, 5.41) is 12.1. The normalized spacial score (nSPS) is 20.6. The van der Waals surface area contributed by atoms with Gasteiger partial charge in [-0.05, 0) is 31.0 Å². The van der Waals surface area contributed by atoms with Gasteiger partial charge in [-0.15, -0.1) is 0 Å². The van der Waals surface area contributed by atoms with Crippen LogP contribution in [0.2, 0.25) is 0 Å². The zero-order valence-electron chi connectivity index (χ0n) is 7.71. The standard InChI is InChI=1S/C10H11N3O/c11-6-8-7(3-5-13-10(8)14)9-2-1-4-12-9/h3,5,9,12H,1-2,4H2,(H,13,14). The minimum absolute atomic E-state index is 0.173. The van der Waals surface area contributed by atoms with Crippen molar-refractivity contribution in [2.45, 2.75) is 18.9 Å². The van der Waals surface area contributed by atoms with E-state index in [1.807, 2.05) is 12.1 Å². The first-order valence-corrected chi connectivity index (χ1v) is 4.68. The van der Waals surface area contributed by atoms with Crippen molar-refractivity contribution in [3.05, 3.63) is 33.7 Å². The van der Waals surface area contributed by atoms with Crippen LogP contribution in [0.5, 0.6) is 0 Å². The van der Waals surface area contributed by atoms with Gasteiger partial charge in [-0.25, -0.2) is 0 Å². The van der Waals surface area contributed by atoms with Crippen molar-refractivity contribution in [1.29, 1.82) is 5.26 Å².